The van der Waals surface area contributed by atoms with Gasteiger partial charge in [0.05, 0.1) is 6.04 Å². The van der Waals surface area contributed by atoms with Crippen molar-refractivity contribution in [3.05, 3.63) is 35.9 Å². The Morgan fingerprint density at radius 2 is 1.94 bits per heavy atom. The van der Waals surface area contributed by atoms with E-state index in [2.05, 4.69) is 71.7 Å². The van der Waals surface area contributed by atoms with Gasteiger partial charge in [-0.2, -0.15) is 0 Å². The quantitative estimate of drug-likeness (QED) is 0.175. The van der Waals surface area contributed by atoms with Gasteiger partial charge in [0.2, 0.25) is 5.91 Å². The number of rotatable bonds is 12. The summed E-state index contributed by atoms with van der Waals surface area (Å²) < 4.78 is 0. The molecule has 0 bridgehead atoms. The number of aliphatic imine (C=N–C) groups is 1. The minimum atomic E-state index is 0. The number of benzene rings is 1. The Kier molecular flexibility index (Phi) is 14.6. The van der Waals surface area contributed by atoms with E-state index in [4.69, 9.17) is 4.99 Å². The molecule has 2 unspecified atom stereocenters. The molecule has 1 aliphatic rings. The molecule has 1 heterocycles. The summed E-state index contributed by atoms with van der Waals surface area (Å²) in [7, 11) is 5.87. The monoisotopic (exact) mass is 572 g/mol. The molecule has 1 aromatic carbocycles. The predicted octanol–water partition coefficient (Wildman–Crippen LogP) is 3.01. The maximum atomic E-state index is 12.3. The Labute approximate surface area is 218 Å². The van der Waals surface area contributed by atoms with Gasteiger partial charge >= 0.3 is 0 Å². The highest BCUT2D eigenvalue weighted by atomic mass is 127. The molecule has 1 amide bonds. The molecule has 7 nitrogen and oxygen atoms in total. The van der Waals surface area contributed by atoms with Crippen molar-refractivity contribution in [2.75, 3.05) is 53.9 Å². The van der Waals surface area contributed by atoms with Crippen LogP contribution in [0.5, 0.6) is 0 Å². The molecule has 1 fully saturated rings. The fourth-order valence-corrected chi connectivity index (χ4v) is 4.12. The summed E-state index contributed by atoms with van der Waals surface area (Å²) in [5.74, 6) is 1.11. The lowest BCUT2D eigenvalue weighted by atomic mass is 10.1. The van der Waals surface area contributed by atoms with Gasteiger partial charge in [-0.25, -0.2) is 0 Å². The number of carbonyl (C=O) groups is 1. The molecule has 0 saturated carbocycles. The van der Waals surface area contributed by atoms with Gasteiger partial charge in [-0.1, -0.05) is 30.3 Å². The molecule has 2 rings (SSSR count). The van der Waals surface area contributed by atoms with E-state index in [9.17, 15) is 4.79 Å². The van der Waals surface area contributed by atoms with Crippen LogP contribution in [-0.2, 0) is 11.3 Å². The Balaban J connectivity index is 0.00000544. The molecule has 1 aromatic rings. The highest BCUT2D eigenvalue weighted by molar-refractivity contribution is 14.0. The molecule has 8 heteroatoms. The predicted molar refractivity (Wildman–Crippen MR) is 149 cm³/mol. The van der Waals surface area contributed by atoms with Crippen LogP contribution in [0.3, 0.4) is 0 Å². The van der Waals surface area contributed by atoms with Crippen LogP contribution in [0.25, 0.3) is 0 Å². The summed E-state index contributed by atoms with van der Waals surface area (Å²) in [6, 6.07) is 11.1. The summed E-state index contributed by atoms with van der Waals surface area (Å²) in [5, 5.41) is 6.83. The highest BCUT2D eigenvalue weighted by Gasteiger charge is 2.30. The zero-order valence-corrected chi connectivity index (χ0v) is 23.5. The first kappa shape index (κ1) is 29.6. The molecule has 0 radical (unpaired) electrons. The molecule has 188 valence electrons. The van der Waals surface area contributed by atoms with Crippen molar-refractivity contribution in [1.82, 2.24) is 25.3 Å². The second-order valence-corrected chi connectivity index (χ2v) is 9.01. The van der Waals surface area contributed by atoms with Crippen LogP contribution in [0, 0.1) is 0 Å². The SMILES string of the molecule is CCNC(=NCCCN1CCCC1C(=O)N(C)C)NCCC(C)N(C)Cc1ccccc1.I. The van der Waals surface area contributed by atoms with Gasteiger partial charge in [0.15, 0.2) is 5.96 Å². The average Bonchev–Trinajstić information content (AvgIpc) is 3.25. The second-order valence-electron chi connectivity index (χ2n) is 9.01. The van der Waals surface area contributed by atoms with Gasteiger partial charge < -0.3 is 15.5 Å². The van der Waals surface area contributed by atoms with Gasteiger partial charge in [-0.15, -0.1) is 24.0 Å². The standard InChI is InChI=1S/C25H44N6O.HI/c1-6-26-25(27-16-11-19-31-18-10-14-23(31)24(32)29(3)4)28-17-15-21(2)30(5)20-22-12-8-7-9-13-22;/h7-9,12-13,21,23H,6,10-11,14-20H2,1-5H3,(H2,26,27,28);1H. The van der Waals surface area contributed by atoms with E-state index in [-0.39, 0.29) is 35.9 Å². The van der Waals surface area contributed by atoms with Gasteiger partial charge in [-0.3, -0.25) is 19.6 Å². The van der Waals surface area contributed by atoms with E-state index in [1.54, 1.807) is 4.90 Å². The molecular weight excluding hydrogens is 527 g/mol. The number of carbonyl (C=O) groups excluding carboxylic acids is 1. The number of halogens is 1. The topological polar surface area (TPSA) is 63.2 Å². The van der Waals surface area contributed by atoms with E-state index >= 15 is 0 Å². The largest absolute Gasteiger partial charge is 0.357 e. The van der Waals surface area contributed by atoms with Crippen molar-refractivity contribution in [1.29, 1.82) is 0 Å². The van der Waals surface area contributed by atoms with Gasteiger partial charge in [-0.05, 0) is 58.7 Å². The van der Waals surface area contributed by atoms with E-state index in [1.807, 2.05) is 14.1 Å². The number of guanidine groups is 1. The first-order valence-corrected chi connectivity index (χ1v) is 12.1. The normalized spacial score (nSPS) is 17.5. The third kappa shape index (κ3) is 10.6. The van der Waals surface area contributed by atoms with Gasteiger partial charge in [0.25, 0.3) is 0 Å². The van der Waals surface area contributed by atoms with E-state index in [1.165, 1.54) is 5.56 Å². The minimum Gasteiger partial charge on any atom is -0.357 e. The average molecular weight is 573 g/mol. The Morgan fingerprint density at radius 3 is 2.61 bits per heavy atom. The fourth-order valence-electron chi connectivity index (χ4n) is 4.12. The minimum absolute atomic E-state index is 0. The molecule has 0 aromatic heterocycles. The van der Waals surface area contributed by atoms with Crippen LogP contribution in [0.1, 0.15) is 45.1 Å². The number of likely N-dealkylation sites (N-methyl/N-ethyl adjacent to an activating group) is 1. The van der Waals surface area contributed by atoms with E-state index < -0.39 is 0 Å². The molecule has 2 N–H and O–H groups in total. The molecule has 0 aliphatic carbocycles. The van der Waals surface area contributed by atoms with Gasteiger partial charge in [0.1, 0.15) is 0 Å². The summed E-state index contributed by atoms with van der Waals surface area (Å²) in [6.45, 7) is 9.76. The second kappa shape index (κ2) is 16.3. The first-order valence-electron chi connectivity index (χ1n) is 12.1. The maximum Gasteiger partial charge on any atom is 0.239 e. The number of nitrogens with one attached hydrogen (secondary N) is 2. The molecule has 2 atom stereocenters. The van der Waals surface area contributed by atoms with Crippen molar-refractivity contribution >= 4 is 35.8 Å². The van der Waals surface area contributed by atoms with Crippen LogP contribution in [0.15, 0.2) is 35.3 Å². The lowest BCUT2D eigenvalue weighted by Crippen LogP contribution is -2.43. The van der Waals surface area contributed by atoms with E-state index in [0.717, 1.165) is 70.9 Å². The van der Waals surface area contributed by atoms with Crippen molar-refractivity contribution in [2.45, 2.75) is 58.2 Å². The summed E-state index contributed by atoms with van der Waals surface area (Å²) in [6.07, 6.45) is 4.09. The molecular formula is C25H45IN6O. The third-order valence-corrected chi connectivity index (χ3v) is 6.19. The maximum absolute atomic E-state index is 12.3. The number of hydrogen-bond acceptors (Lipinski definition) is 4. The Morgan fingerprint density at radius 1 is 1.21 bits per heavy atom. The zero-order valence-electron chi connectivity index (χ0n) is 21.2. The van der Waals surface area contributed by atoms with Crippen LogP contribution in [0.2, 0.25) is 0 Å². The molecule has 0 spiro atoms. The van der Waals surface area contributed by atoms with Crippen molar-refractivity contribution in [3.8, 4) is 0 Å². The van der Waals surface area contributed by atoms with Crippen molar-refractivity contribution < 1.29 is 4.79 Å². The molecule has 33 heavy (non-hydrogen) atoms. The summed E-state index contributed by atoms with van der Waals surface area (Å²) in [5.41, 5.74) is 1.34. The zero-order chi connectivity index (χ0) is 23.3. The van der Waals surface area contributed by atoms with Gasteiger partial charge in [0, 0.05) is 52.9 Å². The third-order valence-electron chi connectivity index (χ3n) is 6.19. The van der Waals surface area contributed by atoms with Crippen LogP contribution < -0.4 is 10.6 Å². The van der Waals surface area contributed by atoms with Crippen molar-refractivity contribution in [2.24, 2.45) is 4.99 Å². The van der Waals surface area contributed by atoms with Crippen LogP contribution in [-0.4, -0.2) is 92.5 Å². The van der Waals surface area contributed by atoms with Crippen LogP contribution >= 0.6 is 24.0 Å². The smallest absolute Gasteiger partial charge is 0.239 e. The molecule has 1 saturated heterocycles. The highest BCUT2D eigenvalue weighted by Crippen LogP contribution is 2.18. The number of hydrogen-bond donors (Lipinski definition) is 2. The van der Waals surface area contributed by atoms with E-state index in [0.29, 0.717) is 6.04 Å². The number of likely N-dealkylation sites (tertiary alicyclic amines) is 1. The Hall–Kier alpha value is -1.39. The summed E-state index contributed by atoms with van der Waals surface area (Å²) >= 11 is 0. The number of nitrogens with zero attached hydrogens (tertiary/aromatic N) is 4. The molecule has 1 aliphatic heterocycles. The Bertz CT molecular complexity index is 699. The number of amides is 1. The first-order chi connectivity index (χ1) is 15.4. The lowest BCUT2D eigenvalue weighted by Gasteiger charge is -2.26. The lowest BCUT2D eigenvalue weighted by molar-refractivity contribution is -0.133. The summed E-state index contributed by atoms with van der Waals surface area (Å²) in [4.78, 5) is 23.5. The fraction of sp³-hybridized carbons (Fsp3) is 0.680. The van der Waals surface area contributed by atoms with Crippen LogP contribution in [0.4, 0.5) is 0 Å². The van der Waals surface area contributed by atoms with Crippen molar-refractivity contribution in [3.63, 3.8) is 0 Å².